The summed E-state index contributed by atoms with van der Waals surface area (Å²) in [7, 11) is 0. The van der Waals surface area contributed by atoms with E-state index in [0.717, 1.165) is 12.8 Å². The van der Waals surface area contributed by atoms with Gasteiger partial charge in [-0.3, -0.25) is 4.79 Å². The van der Waals surface area contributed by atoms with Crippen molar-refractivity contribution >= 4 is 28.8 Å². The van der Waals surface area contributed by atoms with E-state index in [2.05, 4.69) is 38.3 Å². The quantitative estimate of drug-likeness (QED) is 0.878. The minimum atomic E-state index is -0.0181. The van der Waals surface area contributed by atoms with Crippen LogP contribution in [0.15, 0.2) is 12.1 Å². The van der Waals surface area contributed by atoms with Gasteiger partial charge in [0.2, 0.25) is 0 Å². The third-order valence-electron chi connectivity index (χ3n) is 3.32. The summed E-state index contributed by atoms with van der Waals surface area (Å²) in [6, 6.07) is 3.73. The summed E-state index contributed by atoms with van der Waals surface area (Å²) in [6.45, 7) is 8.70. The molecule has 1 aromatic heterocycles. The number of halogens is 1. The van der Waals surface area contributed by atoms with Crippen LogP contribution < -0.4 is 10.6 Å². The molecular weight excluding hydrogens is 280 g/mol. The van der Waals surface area contributed by atoms with E-state index in [1.807, 2.05) is 0 Å². The largest absolute Gasteiger partial charge is 0.348 e. The summed E-state index contributed by atoms with van der Waals surface area (Å²) in [4.78, 5) is 12.8. The van der Waals surface area contributed by atoms with Crippen LogP contribution in [0.2, 0.25) is 4.34 Å². The zero-order valence-electron chi connectivity index (χ0n) is 11.8. The first-order valence-corrected chi connectivity index (χ1v) is 7.72. The van der Waals surface area contributed by atoms with Gasteiger partial charge in [0.1, 0.15) is 0 Å². The molecule has 0 atom stereocenters. The molecule has 3 nitrogen and oxygen atoms in total. The number of nitrogens with one attached hydrogen (secondary N) is 2. The van der Waals surface area contributed by atoms with Crippen molar-refractivity contribution in [1.82, 2.24) is 10.6 Å². The number of hydrogen-bond acceptors (Lipinski definition) is 3. The molecule has 0 radical (unpaired) electrons. The lowest BCUT2D eigenvalue weighted by molar-refractivity contribution is 0.0877. The van der Waals surface area contributed by atoms with Gasteiger partial charge < -0.3 is 10.6 Å². The molecule has 1 amide bonds. The predicted molar refractivity (Wildman–Crippen MR) is 81.1 cm³/mol. The van der Waals surface area contributed by atoms with E-state index in [-0.39, 0.29) is 23.0 Å². The van der Waals surface area contributed by atoms with Crippen molar-refractivity contribution in [3.05, 3.63) is 21.3 Å². The molecule has 0 spiro atoms. The average molecular weight is 301 g/mol. The number of rotatable bonds is 2. The van der Waals surface area contributed by atoms with Crippen molar-refractivity contribution in [2.45, 2.75) is 57.7 Å². The number of hydrogen-bond donors (Lipinski definition) is 2. The number of carbonyl (C=O) groups is 1. The van der Waals surface area contributed by atoms with E-state index in [4.69, 9.17) is 11.6 Å². The highest BCUT2D eigenvalue weighted by Crippen LogP contribution is 2.29. The Morgan fingerprint density at radius 1 is 1.32 bits per heavy atom. The summed E-state index contributed by atoms with van der Waals surface area (Å²) < 4.78 is 0.649. The van der Waals surface area contributed by atoms with Gasteiger partial charge in [0.15, 0.2) is 0 Å². The molecule has 0 saturated carbocycles. The maximum Gasteiger partial charge on any atom is 0.261 e. The van der Waals surface area contributed by atoms with Crippen LogP contribution in [0.1, 0.15) is 50.2 Å². The van der Waals surface area contributed by atoms with Crippen LogP contribution in [0.5, 0.6) is 0 Å². The number of thiophene rings is 1. The van der Waals surface area contributed by atoms with E-state index in [1.54, 1.807) is 12.1 Å². The normalized spacial score (nSPS) is 22.2. The van der Waals surface area contributed by atoms with Crippen LogP contribution >= 0.6 is 22.9 Å². The molecule has 1 aliphatic rings. The highest BCUT2D eigenvalue weighted by Gasteiger charge is 2.38. The van der Waals surface area contributed by atoms with Crippen LogP contribution in [0.25, 0.3) is 0 Å². The topological polar surface area (TPSA) is 41.1 Å². The molecule has 1 aliphatic heterocycles. The Hall–Kier alpha value is -0.580. The van der Waals surface area contributed by atoms with E-state index in [0.29, 0.717) is 9.21 Å². The van der Waals surface area contributed by atoms with Crippen LogP contribution in [-0.2, 0) is 0 Å². The zero-order chi connectivity index (χ0) is 14.3. The average Bonchev–Trinajstić information content (AvgIpc) is 2.59. The molecule has 0 bridgehead atoms. The highest BCUT2D eigenvalue weighted by molar-refractivity contribution is 7.17. The Morgan fingerprint density at radius 3 is 2.37 bits per heavy atom. The molecule has 0 aromatic carbocycles. The fourth-order valence-corrected chi connectivity index (χ4v) is 4.06. The highest BCUT2D eigenvalue weighted by atomic mass is 35.5. The van der Waals surface area contributed by atoms with Gasteiger partial charge in [0.25, 0.3) is 5.91 Å². The zero-order valence-corrected chi connectivity index (χ0v) is 13.4. The lowest BCUT2D eigenvalue weighted by Crippen LogP contribution is -2.62. The third-order valence-corrected chi connectivity index (χ3v) is 4.55. The lowest BCUT2D eigenvalue weighted by Gasteiger charge is -2.46. The molecule has 0 unspecified atom stereocenters. The summed E-state index contributed by atoms with van der Waals surface area (Å²) in [6.07, 6.45) is 1.86. The van der Waals surface area contributed by atoms with Crippen molar-refractivity contribution in [2.24, 2.45) is 0 Å². The van der Waals surface area contributed by atoms with Crippen LogP contribution in [0.3, 0.4) is 0 Å². The Kier molecular flexibility index (Phi) is 3.96. The van der Waals surface area contributed by atoms with Gasteiger partial charge in [-0.2, -0.15) is 0 Å². The first kappa shape index (κ1) is 14.8. The molecule has 1 fully saturated rings. The summed E-state index contributed by atoms with van der Waals surface area (Å²) >= 11 is 7.19. The van der Waals surface area contributed by atoms with Gasteiger partial charge in [-0.15, -0.1) is 11.3 Å². The number of piperidine rings is 1. The van der Waals surface area contributed by atoms with Crippen molar-refractivity contribution in [2.75, 3.05) is 0 Å². The maximum atomic E-state index is 12.2. The molecular formula is C14H21ClN2OS. The first-order chi connectivity index (χ1) is 8.67. The molecule has 106 valence electrons. The molecule has 1 aromatic rings. The lowest BCUT2D eigenvalue weighted by atomic mass is 9.79. The predicted octanol–water partition coefficient (Wildman–Crippen LogP) is 3.44. The number of carbonyl (C=O) groups excluding carboxylic acids is 1. The monoisotopic (exact) mass is 300 g/mol. The molecule has 1 saturated heterocycles. The minimum Gasteiger partial charge on any atom is -0.348 e. The van der Waals surface area contributed by atoms with Gasteiger partial charge in [-0.25, -0.2) is 0 Å². The van der Waals surface area contributed by atoms with Crippen LogP contribution in [0.4, 0.5) is 0 Å². The third kappa shape index (κ3) is 3.94. The Bertz CT molecular complexity index is 466. The van der Waals surface area contributed by atoms with Gasteiger partial charge in [0.05, 0.1) is 9.21 Å². The fourth-order valence-electron chi connectivity index (χ4n) is 3.12. The van der Waals surface area contributed by atoms with Gasteiger partial charge in [-0.05, 0) is 52.7 Å². The van der Waals surface area contributed by atoms with E-state index < -0.39 is 0 Å². The molecule has 2 heterocycles. The molecule has 2 rings (SSSR count). The maximum absolute atomic E-state index is 12.2. The summed E-state index contributed by atoms with van der Waals surface area (Å²) in [5.41, 5.74) is 0.0690. The van der Waals surface area contributed by atoms with E-state index in [1.165, 1.54) is 11.3 Å². The van der Waals surface area contributed by atoms with Crippen molar-refractivity contribution < 1.29 is 4.79 Å². The second kappa shape index (κ2) is 5.08. The Morgan fingerprint density at radius 2 is 1.89 bits per heavy atom. The Labute approximate surface area is 123 Å². The van der Waals surface area contributed by atoms with E-state index >= 15 is 0 Å². The SMILES string of the molecule is CC1(C)CC(NC(=O)c2ccc(Cl)s2)CC(C)(C)N1. The van der Waals surface area contributed by atoms with Gasteiger partial charge in [0, 0.05) is 17.1 Å². The van der Waals surface area contributed by atoms with Crippen LogP contribution in [0, 0.1) is 0 Å². The molecule has 5 heteroatoms. The van der Waals surface area contributed by atoms with Gasteiger partial charge in [-0.1, -0.05) is 11.6 Å². The van der Waals surface area contributed by atoms with E-state index in [9.17, 15) is 4.79 Å². The Balaban J connectivity index is 2.04. The molecule has 2 N–H and O–H groups in total. The number of amides is 1. The molecule has 19 heavy (non-hydrogen) atoms. The second-order valence-corrected chi connectivity index (χ2v) is 8.29. The minimum absolute atomic E-state index is 0.0181. The second-order valence-electron chi connectivity index (χ2n) is 6.58. The van der Waals surface area contributed by atoms with Crippen molar-refractivity contribution in [1.29, 1.82) is 0 Å². The van der Waals surface area contributed by atoms with Crippen molar-refractivity contribution in [3.8, 4) is 0 Å². The standard InChI is InChI=1S/C14H21ClN2OS/c1-13(2)7-9(8-14(3,4)17-13)16-12(18)10-5-6-11(15)19-10/h5-6,9,17H,7-8H2,1-4H3,(H,16,18). The van der Waals surface area contributed by atoms with Gasteiger partial charge >= 0.3 is 0 Å². The summed E-state index contributed by atoms with van der Waals surface area (Å²) in [5.74, 6) is -0.0181. The van der Waals surface area contributed by atoms with Crippen molar-refractivity contribution in [3.63, 3.8) is 0 Å². The molecule has 0 aliphatic carbocycles. The fraction of sp³-hybridized carbons (Fsp3) is 0.643. The van der Waals surface area contributed by atoms with Crippen LogP contribution in [-0.4, -0.2) is 23.0 Å². The first-order valence-electron chi connectivity index (χ1n) is 6.52. The smallest absolute Gasteiger partial charge is 0.261 e. The summed E-state index contributed by atoms with van der Waals surface area (Å²) in [5, 5.41) is 6.74.